The van der Waals surface area contributed by atoms with E-state index in [1.807, 2.05) is 32.9 Å². The third kappa shape index (κ3) is 3.61. The zero-order valence-electron chi connectivity index (χ0n) is 15.0. The molecule has 3 aromatic rings. The summed E-state index contributed by atoms with van der Waals surface area (Å²) >= 11 is 0. The Morgan fingerprint density at radius 3 is 2.46 bits per heavy atom. The zero-order valence-corrected chi connectivity index (χ0v) is 15.0. The van der Waals surface area contributed by atoms with Gasteiger partial charge in [0.15, 0.2) is 6.61 Å². The molecule has 5 nitrogen and oxygen atoms in total. The summed E-state index contributed by atoms with van der Waals surface area (Å²) in [5.41, 5.74) is 4.60. The number of aryl methyl sites for hydroxylation is 3. The summed E-state index contributed by atoms with van der Waals surface area (Å²) in [6.07, 6.45) is 1.46. The number of hydrogen-bond acceptors (Lipinski definition) is 5. The fourth-order valence-corrected chi connectivity index (χ4v) is 3.25. The van der Waals surface area contributed by atoms with Crippen molar-refractivity contribution >= 4 is 22.7 Å². The van der Waals surface area contributed by atoms with Gasteiger partial charge in [-0.15, -0.1) is 0 Å². The number of carbonyl (C=O) groups excluding carboxylic acids is 2. The van der Waals surface area contributed by atoms with Crippen LogP contribution in [0.3, 0.4) is 0 Å². The lowest BCUT2D eigenvalue weighted by atomic mass is 9.97. The lowest BCUT2D eigenvalue weighted by molar-refractivity contribution is -0.141. The molecule has 0 saturated heterocycles. The molecule has 1 heterocycles. The first-order valence-corrected chi connectivity index (χ1v) is 8.31. The molecule has 0 atom stereocenters. The Hall–Kier alpha value is -3.08. The number of furan rings is 1. The number of esters is 1. The number of fused-ring (bicyclic) bond motifs is 1. The quantitative estimate of drug-likeness (QED) is 0.554. The van der Waals surface area contributed by atoms with Gasteiger partial charge in [0.1, 0.15) is 11.3 Å². The topological polar surface area (TPSA) is 76.7 Å². The van der Waals surface area contributed by atoms with Crippen LogP contribution in [0.5, 0.6) is 5.75 Å². The third-order valence-corrected chi connectivity index (χ3v) is 4.29. The third-order valence-electron chi connectivity index (χ3n) is 4.29. The van der Waals surface area contributed by atoms with Crippen LogP contribution in [0, 0.1) is 20.8 Å². The molecule has 0 aliphatic heterocycles. The average molecular weight is 352 g/mol. The lowest BCUT2D eigenvalue weighted by Gasteiger charge is -2.10. The first kappa shape index (κ1) is 17.7. The van der Waals surface area contributed by atoms with Gasteiger partial charge < -0.3 is 14.3 Å². The Balaban J connectivity index is 1.66. The minimum absolute atomic E-state index is 0.00306. The highest BCUT2D eigenvalue weighted by Gasteiger charge is 2.17. The van der Waals surface area contributed by atoms with Crippen LogP contribution < -0.4 is 0 Å². The molecule has 0 aliphatic carbocycles. The second-order valence-corrected chi connectivity index (χ2v) is 6.48. The van der Waals surface area contributed by atoms with Gasteiger partial charge in [-0.1, -0.05) is 17.7 Å². The standard InChI is InChI=1S/C21H20O5/c1-12-6-13(2)21(14(3)7-12)18(23)11-26-20(24)8-15-10-25-19-9-16(22)4-5-17(15)19/h4-7,9-10,22H,8,11H2,1-3H3. The Bertz CT molecular complexity index is 974. The molecule has 1 N–H and O–H groups in total. The summed E-state index contributed by atoms with van der Waals surface area (Å²) in [6, 6.07) is 8.57. The van der Waals surface area contributed by atoms with Crippen molar-refractivity contribution in [3.05, 3.63) is 64.4 Å². The van der Waals surface area contributed by atoms with E-state index in [1.165, 1.54) is 18.4 Å². The molecule has 2 aromatic carbocycles. The number of benzene rings is 2. The predicted octanol–water partition coefficient (Wildman–Crippen LogP) is 4.03. The molecule has 0 aliphatic rings. The molecule has 0 spiro atoms. The van der Waals surface area contributed by atoms with Gasteiger partial charge in [0, 0.05) is 22.6 Å². The molecule has 5 heteroatoms. The van der Waals surface area contributed by atoms with Gasteiger partial charge in [-0.25, -0.2) is 0 Å². The van der Waals surface area contributed by atoms with Crippen LogP contribution in [0.25, 0.3) is 11.0 Å². The highest BCUT2D eigenvalue weighted by atomic mass is 16.5. The van der Waals surface area contributed by atoms with E-state index in [1.54, 1.807) is 6.07 Å². The SMILES string of the molecule is Cc1cc(C)c(C(=O)COC(=O)Cc2coc3cc(O)ccc23)c(C)c1. The molecule has 26 heavy (non-hydrogen) atoms. The molecule has 3 rings (SSSR count). The number of hydrogen-bond donors (Lipinski definition) is 1. The van der Waals surface area contributed by atoms with Gasteiger partial charge >= 0.3 is 5.97 Å². The molecule has 0 saturated carbocycles. The van der Waals surface area contributed by atoms with Gasteiger partial charge in [0.2, 0.25) is 5.78 Å². The van der Waals surface area contributed by atoms with Crippen molar-refractivity contribution in [2.75, 3.05) is 6.61 Å². The van der Waals surface area contributed by atoms with Crippen LogP contribution in [0.2, 0.25) is 0 Å². The maximum absolute atomic E-state index is 12.4. The molecular weight excluding hydrogens is 332 g/mol. The fourth-order valence-electron chi connectivity index (χ4n) is 3.25. The molecule has 134 valence electrons. The van der Waals surface area contributed by atoms with Gasteiger partial charge in [-0.05, 0) is 44.0 Å². The van der Waals surface area contributed by atoms with E-state index in [4.69, 9.17) is 9.15 Å². The summed E-state index contributed by atoms with van der Waals surface area (Å²) in [6.45, 7) is 5.44. The average Bonchev–Trinajstić information content (AvgIpc) is 2.94. The maximum atomic E-state index is 12.4. The molecule has 0 amide bonds. The molecular formula is C21H20O5. The van der Waals surface area contributed by atoms with Crippen LogP contribution in [0.1, 0.15) is 32.6 Å². The van der Waals surface area contributed by atoms with E-state index in [2.05, 4.69) is 0 Å². The van der Waals surface area contributed by atoms with E-state index in [0.717, 1.165) is 22.1 Å². The number of phenolic OH excluding ortho intramolecular Hbond substituents is 1. The van der Waals surface area contributed by atoms with E-state index in [9.17, 15) is 14.7 Å². The minimum Gasteiger partial charge on any atom is -0.508 e. The lowest BCUT2D eigenvalue weighted by Crippen LogP contribution is -2.17. The second kappa shape index (κ2) is 7.04. The molecule has 0 bridgehead atoms. The number of ketones is 1. The van der Waals surface area contributed by atoms with Crippen molar-refractivity contribution in [1.82, 2.24) is 0 Å². The first-order valence-electron chi connectivity index (χ1n) is 8.31. The van der Waals surface area contributed by atoms with Crippen molar-refractivity contribution in [3.8, 4) is 5.75 Å². The minimum atomic E-state index is -0.503. The smallest absolute Gasteiger partial charge is 0.310 e. The van der Waals surface area contributed by atoms with Gasteiger partial charge in [0.05, 0.1) is 12.7 Å². The number of phenols is 1. The van der Waals surface area contributed by atoms with Crippen molar-refractivity contribution < 1.29 is 23.8 Å². The summed E-state index contributed by atoms with van der Waals surface area (Å²) in [5, 5.41) is 10.2. The Morgan fingerprint density at radius 2 is 1.77 bits per heavy atom. The summed E-state index contributed by atoms with van der Waals surface area (Å²) in [4.78, 5) is 24.5. The number of carbonyl (C=O) groups is 2. The number of ether oxygens (including phenoxy) is 1. The fraction of sp³-hybridized carbons (Fsp3) is 0.238. The largest absolute Gasteiger partial charge is 0.508 e. The highest BCUT2D eigenvalue weighted by Crippen LogP contribution is 2.25. The van der Waals surface area contributed by atoms with E-state index in [0.29, 0.717) is 16.7 Å². The van der Waals surface area contributed by atoms with E-state index in [-0.39, 0.29) is 24.6 Å². The predicted molar refractivity (Wildman–Crippen MR) is 97.5 cm³/mol. The normalized spacial score (nSPS) is 10.9. The number of Topliss-reactive ketones (excluding diaryl/α,β-unsaturated/α-hetero) is 1. The van der Waals surface area contributed by atoms with Crippen LogP contribution >= 0.6 is 0 Å². The zero-order chi connectivity index (χ0) is 18.8. The van der Waals surface area contributed by atoms with Crippen molar-refractivity contribution in [3.63, 3.8) is 0 Å². The highest BCUT2D eigenvalue weighted by molar-refractivity contribution is 6.00. The van der Waals surface area contributed by atoms with Crippen molar-refractivity contribution in [1.29, 1.82) is 0 Å². The van der Waals surface area contributed by atoms with Gasteiger partial charge in [-0.2, -0.15) is 0 Å². The number of rotatable bonds is 5. The maximum Gasteiger partial charge on any atom is 0.310 e. The molecule has 0 fully saturated rings. The van der Waals surface area contributed by atoms with Gasteiger partial charge in [-0.3, -0.25) is 9.59 Å². The van der Waals surface area contributed by atoms with Crippen LogP contribution in [-0.2, 0) is 16.0 Å². The summed E-state index contributed by atoms with van der Waals surface area (Å²) in [5.74, 6) is -0.623. The monoisotopic (exact) mass is 352 g/mol. The second-order valence-electron chi connectivity index (χ2n) is 6.48. The Labute approximate surface area is 151 Å². The van der Waals surface area contributed by atoms with E-state index >= 15 is 0 Å². The van der Waals surface area contributed by atoms with Crippen molar-refractivity contribution in [2.45, 2.75) is 27.2 Å². The van der Waals surface area contributed by atoms with E-state index < -0.39 is 5.97 Å². The van der Waals surface area contributed by atoms with Crippen LogP contribution in [0.4, 0.5) is 0 Å². The van der Waals surface area contributed by atoms with Gasteiger partial charge in [0.25, 0.3) is 0 Å². The Morgan fingerprint density at radius 1 is 1.08 bits per heavy atom. The van der Waals surface area contributed by atoms with Crippen LogP contribution in [0.15, 0.2) is 41.0 Å². The molecule has 0 unspecified atom stereocenters. The summed E-state index contributed by atoms with van der Waals surface area (Å²) in [7, 11) is 0. The molecule has 0 radical (unpaired) electrons. The number of aromatic hydroxyl groups is 1. The van der Waals surface area contributed by atoms with Crippen LogP contribution in [-0.4, -0.2) is 23.5 Å². The Kier molecular flexibility index (Phi) is 4.80. The van der Waals surface area contributed by atoms with Crippen molar-refractivity contribution in [2.24, 2.45) is 0 Å². The summed E-state index contributed by atoms with van der Waals surface area (Å²) < 4.78 is 10.5. The first-order chi connectivity index (χ1) is 12.3. The molecule has 1 aromatic heterocycles.